The minimum absolute atomic E-state index is 0.0566. The lowest BCUT2D eigenvalue weighted by Crippen LogP contribution is -2.74. The van der Waals surface area contributed by atoms with Gasteiger partial charge in [0.1, 0.15) is 18.3 Å². The summed E-state index contributed by atoms with van der Waals surface area (Å²) in [4.78, 5) is 11.7. The maximum absolute atomic E-state index is 11.7. The largest absolute Gasteiger partial charge is 0.394 e. The smallest absolute Gasteiger partial charge is 0.317 e. The van der Waals surface area contributed by atoms with E-state index in [1.165, 1.54) is 6.08 Å². The standard InChI is InChI=1S/C12H21ClN2O7/c1-2-5-21-10-12(20,15-11(19)14-4-3-13)9(18)8(17)7(6-16)22-10/h2,7-10,16-18,20H,1,3-6H2,(H2,14,15,19)/t7-,8-,9+,10?,12+/m1/s1. The summed E-state index contributed by atoms with van der Waals surface area (Å²) in [5.41, 5.74) is -2.43. The van der Waals surface area contributed by atoms with Gasteiger partial charge in [0.2, 0.25) is 12.0 Å². The van der Waals surface area contributed by atoms with Gasteiger partial charge in [-0.15, -0.1) is 18.2 Å². The van der Waals surface area contributed by atoms with Crippen molar-refractivity contribution in [2.24, 2.45) is 0 Å². The molecule has 0 aromatic carbocycles. The zero-order valence-corrected chi connectivity index (χ0v) is 12.6. The average Bonchev–Trinajstić information content (AvgIpc) is 2.50. The summed E-state index contributed by atoms with van der Waals surface area (Å²) in [6, 6.07) is -0.840. The number of hydrogen-bond donors (Lipinski definition) is 6. The summed E-state index contributed by atoms with van der Waals surface area (Å²) in [5, 5.41) is 44.0. The predicted octanol–water partition coefficient (Wildman–Crippen LogP) is -2.15. The quantitative estimate of drug-likeness (QED) is 0.176. The van der Waals surface area contributed by atoms with Crippen LogP contribution >= 0.6 is 11.6 Å². The lowest BCUT2D eigenvalue weighted by atomic mass is 9.93. The molecule has 128 valence electrons. The molecule has 1 aliphatic heterocycles. The van der Waals surface area contributed by atoms with Gasteiger partial charge in [-0.05, 0) is 0 Å². The van der Waals surface area contributed by atoms with E-state index in [2.05, 4.69) is 17.2 Å². The number of carbonyl (C=O) groups is 1. The van der Waals surface area contributed by atoms with Gasteiger partial charge in [0.05, 0.1) is 13.2 Å². The second kappa shape index (κ2) is 8.63. The highest BCUT2D eigenvalue weighted by molar-refractivity contribution is 6.18. The molecule has 0 bridgehead atoms. The van der Waals surface area contributed by atoms with Crippen molar-refractivity contribution in [1.29, 1.82) is 0 Å². The van der Waals surface area contributed by atoms with Crippen LogP contribution in [0.25, 0.3) is 0 Å². The molecule has 1 fully saturated rings. The highest BCUT2D eigenvalue weighted by atomic mass is 35.5. The van der Waals surface area contributed by atoms with E-state index in [-0.39, 0.29) is 19.0 Å². The normalized spacial score (nSPS) is 35.0. The van der Waals surface area contributed by atoms with Crippen LogP contribution in [0.2, 0.25) is 0 Å². The van der Waals surface area contributed by atoms with Crippen LogP contribution < -0.4 is 10.6 Å². The Kier molecular flexibility index (Phi) is 7.49. The number of ether oxygens (including phenoxy) is 2. The topological polar surface area (TPSA) is 141 Å². The number of alkyl halides is 1. The van der Waals surface area contributed by atoms with E-state index in [9.17, 15) is 20.1 Å². The van der Waals surface area contributed by atoms with Crippen molar-refractivity contribution in [1.82, 2.24) is 10.6 Å². The first-order valence-corrected chi connectivity index (χ1v) is 7.13. The molecule has 0 aliphatic carbocycles. The Morgan fingerprint density at radius 1 is 1.50 bits per heavy atom. The number of carbonyl (C=O) groups excluding carboxylic acids is 1. The Morgan fingerprint density at radius 2 is 2.18 bits per heavy atom. The van der Waals surface area contributed by atoms with Gasteiger partial charge < -0.3 is 40.5 Å². The van der Waals surface area contributed by atoms with Gasteiger partial charge in [0.15, 0.2) is 0 Å². The van der Waals surface area contributed by atoms with Crippen LogP contribution in [-0.4, -0.2) is 82.4 Å². The third kappa shape index (κ3) is 4.29. The van der Waals surface area contributed by atoms with E-state index in [4.69, 9.17) is 26.2 Å². The fourth-order valence-corrected chi connectivity index (χ4v) is 2.03. The Bertz CT molecular complexity index is 386. The molecule has 1 aliphatic rings. The average molecular weight is 341 g/mol. The van der Waals surface area contributed by atoms with Crippen molar-refractivity contribution >= 4 is 17.6 Å². The van der Waals surface area contributed by atoms with E-state index >= 15 is 0 Å². The Balaban J connectivity index is 2.91. The van der Waals surface area contributed by atoms with Gasteiger partial charge in [-0.3, -0.25) is 0 Å². The van der Waals surface area contributed by atoms with Crippen molar-refractivity contribution in [3.8, 4) is 0 Å². The summed E-state index contributed by atoms with van der Waals surface area (Å²) < 4.78 is 10.4. The molecular formula is C12H21ClN2O7. The lowest BCUT2D eigenvalue weighted by Gasteiger charge is -2.47. The fourth-order valence-electron chi connectivity index (χ4n) is 1.94. The summed E-state index contributed by atoms with van der Waals surface area (Å²) in [6.45, 7) is 2.89. The highest BCUT2D eigenvalue weighted by Crippen LogP contribution is 2.29. The van der Waals surface area contributed by atoms with Gasteiger partial charge in [-0.25, -0.2) is 4.79 Å². The summed E-state index contributed by atoms with van der Waals surface area (Å²) in [7, 11) is 0. The molecule has 2 amide bonds. The molecule has 1 rings (SSSR count). The number of rotatable bonds is 7. The minimum atomic E-state index is -2.43. The molecule has 1 saturated heterocycles. The lowest BCUT2D eigenvalue weighted by molar-refractivity contribution is -0.344. The maximum Gasteiger partial charge on any atom is 0.317 e. The number of aliphatic hydroxyl groups excluding tert-OH is 3. The van der Waals surface area contributed by atoms with Crippen LogP contribution in [0.3, 0.4) is 0 Å². The molecule has 5 atom stereocenters. The third-order valence-electron chi connectivity index (χ3n) is 3.05. The van der Waals surface area contributed by atoms with Crippen LogP contribution in [0.4, 0.5) is 4.79 Å². The molecule has 0 aromatic heterocycles. The van der Waals surface area contributed by atoms with Crippen LogP contribution in [0.5, 0.6) is 0 Å². The first kappa shape index (κ1) is 19.1. The number of hydrogen-bond acceptors (Lipinski definition) is 7. The third-order valence-corrected chi connectivity index (χ3v) is 3.24. The Hall–Kier alpha value is -0.940. The molecule has 10 heteroatoms. The summed E-state index contributed by atoms with van der Waals surface area (Å²) in [6.07, 6.45) is -4.83. The monoisotopic (exact) mass is 340 g/mol. The molecule has 0 radical (unpaired) electrons. The van der Waals surface area contributed by atoms with Gasteiger partial charge in [-0.2, -0.15) is 0 Å². The first-order chi connectivity index (χ1) is 10.4. The second-order valence-electron chi connectivity index (χ2n) is 4.64. The molecule has 9 nitrogen and oxygen atoms in total. The molecule has 1 heterocycles. The van der Waals surface area contributed by atoms with Crippen molar-refractivity contribution in [3.05, 3.63) is 12.7 Å². The second-order valence-corrected chi connectivity index (χ2v) is 5.02. The van der Waals surface area contributed by atoms with Gasteiger partial charge >= 0.3 is 6.03 Å². The maximum atomic E-state index is 11.7. The number of nitrogens with one attached hydrogen (secondary N) is 2. The molecular weight excluding hydrogens is 320 g/mol. The predicted molar refractivity (Wildman–Crippen MR) is 76.1 cm³/mol. The number of urea groups is 1. The number of halogens is 1. The molecule has 0 aromatic rings. The van der Waals surface area contributed by atoms with Crippen molar-refractivity contribution < 1.29 is 34.7 Å². The molecule has 22 heavy (non-hydrogen) atoms. The number of amides is 2. The number of aliphatic hydroxyl groups is 4. The summed E-state index contributed by atoms with van der Waals surface area (Å²) in [5.74, 6) is 0.149. The minimum Gasteiger partial charge on any atom is -0.394 e. The van der Waals surface area contributed by atoms with Crippen LogP contribution in [-0.2, 0) is 9.47 Å². The SMILES string of the molecule is C=CCOC1O[C@H](CO)[C@@H](O)[C@H](O)[C@@]1(O)NC(=O)NCCCl. The van der Waals surface area contributed by atoms with Crippen molar-refractivity contribution in [2.75, 3.05) is 25.6 Å². The van der Waals surface area contributed by atoms with Crippen molar-refractivity contribution in [3.63, 3.8) is 0 Å². The zero-order valence-electron chi connectivity index (χ0n) is 11.8. The molecule has 6 N–H and O–H groups in total. The van der Waals surface area contributed by atoms with Crippen LogP contribution in [0.15, 0.2) is 12.7 Å². The van der Waals surface area contributed by atoms with E-state index in [0.717, 1.165) is 0 Å². The van der Waals surface area contributed by atoms with Gasteiger partial charge in [-0.1, -0.05) is 6.08 Å². The molecule has 0 spiro atoms. The summed E-state index contributed by atoms with van der Waals surface area (Å²) >= 11 is 5.43. The van der Waals surface area contributed by atoms with E-state index in [1.807, 2.05) is 0 Å². The highest BCUT2D eigenvalue weighted by Gasteiger charge is 2.56. The van der Waals surface area contributed by atoms with E-state index in [0.29, 0.717) is 0 Å². The van der Waals surface area contributed by atoms with Crippen LogP contribution in [0.1, 0.15) is 0 Å². The Labute approximate surface area is 132 Å². The Morgan fingerprint density at radius 3 is 2.73 bits per heavy atom. The molecule has 1 unspecified atom stereocenters. The van der Waals surface area contributed by atoms with Crippen LogP contribution in [0, 0.1) is 0 Å². The van der Waals surface area contributed by atoms with Gasteiger partial charge in [0, 0.05) is 12.4 Å². The zero-order chi connectivity index (χ0) is 16.8. The first-order valence-electron chi connectivity index (χ1n) is 6.60. The van der Waals surface area contributed by atoms with Gasteiger partial charge in [0.25, 0.3) is 0 Å². The van der Waals surface area contributed by atoms with E-state index < -0.39 is 43.0 Å². The molecule has 0 saturated carbocycles. The fraction of sp³-hybridized carbons (Fsp3) is 0.750. The van der Waals surface area contributed by atoms with E-state index in [1.54, 1.807) is 0 Å². The van der Waals surface area contributed by atoms with Crippen molar-refractivity contribution in [2.45, 2.75) is 30.3 Å².